The van der Waals surface area contributed by atoms with Gasteiger partial charge in [0.05, 0.1) is 11.5 Å². The zero-order chi connectivity index (χ0) is 11.4. The molecule has 0 heterocycles. The van der Waals surface area contributed by atoms with Gasteiger partial charge in [-0.1, -0.05) is 0 Å². The fourth-order valence-electron chi connectivity index (χ4n) is 0.888. The fraction of sp³-hybridized carbons (Fsp3) is 0.778. The minimum Gasteiger partial charge on any atom is -0.359 e. The van der Waals surface area contributed by atoms with Crippen molar-refractivity contribution in [3.05, 3.63) is 0 Å². The van der Waals surface area contributed by atoms with E-state index in [1.807, 2.05) is 0 Å². The number of nitrogens with one attached hydrogen (secondary N) is 2. The zero-order valence-electron chi connectivity index (χ0n) is 9.18. The summed E-state index contributed by atoms with van der Waals surface area (Å²) >= 11 is 0. The number of amides is 2. The van der Waals surface area contributed by atoms with E-state index in [9.17, 15) is 9.59 Å². The smallest absolute Gasteiger partial charge is 0.236 e. The molecule has 0 aliphatic heterocycles. The molecule has 0 aliphatic rings. The normalized spacial score (nSPS) is 13.2. The van der Waals surface area contributed by atoms with E-state index in [0.717, 1.165) is 0 Å². The maximum atomic E-state index is 11.3. The Kier molecular flexibility index (Phi) is 4.56. The van der Waals surface area contributed by atoms with Gasteiger partial charge in [-0.2, -0.15) is 0 Å². The van der Waals surface area contributed by atoms with Gasteiger partial charge in [0.2, 0.25) is 11.8 Å². The summed E-state index contributed by atoms with van der Waals surface area (Å²) in [6.45, 7) is 5.40. The third-order valence-electron chi connectivity index (χ3n) is 1.96. The predicted molar refractivity (Wildman–Crippen MR) is 54.5 cm³/mol. The Labute approximate surface area is 84.4 Å². The number of carbonyl (C=O) groups is 2. The molecule has 0 saturated heterocycles. The third-order valence-corrected chi connectivity index (χ3v) is 1.96. The van der Waals surface area contributed by atoms with Crippen LogP contribution >= 0.6 is 0 Å². The lowest BCUT2D eigenvalue weighted by Gasteiger charge is -2.23. The molecule has 1 atom stereocenters. The molecule has 0 spiro atoms. The van der Waals surface area contributed by atoms with Crippen molar-refractivity contribution in [3.8, 4) is 0 Å². The van der Waals surface area contributed by atoms with Crippen LogP contribution in [-0.4, -0.2) is 31.4 Å². The van der Waals surface area contributed by atoms with Gasteiger partial charge in [-0.25, -0.2) is 0 Å². The van der Waals surface area contributed by atoms with Crippen LogP contribution in [0, 0.1) is 5.41 Å². The van der Waals surface area contributed by atoms with Crippen molar-refractivity contribution in [1.29, 1.82) is 0 Å². The van der Waals surface area contributed by atoms with E-state index in [1.165, 1.54) is 0 Å². The molecule has 82 valence electrons. The van der Waals surface area contributed by atoms with Crippen LogP contribution in [0.3, 0.4) is 0 Å². The molecule has 4 N–H and O–H groups in total. The molecule has 1 unspecified atom stereocenters. The van der Waals surface area contributed by atoms with Crippen LogP contribution in [0.2, 0.25) is 0 Å². The third kappa shape index (κ3) is 3.74. The molecular formula is C9H19N3O2. The first-order chi connectivity index (χ1) is 6.31. The molecule has 0 aliphatic carbocycles. The van der Waals surface area contributed by atoms with Crippen LogP contribution in [0.15, 0.2) is 0 Å². The van der Waals surface area contributed by atoms with E-state index in [-0.39, 0.29) is 18.4 Å². The summed E-state index contributed by atoms with van der Waals surface area (Å²) in [5.74, 6) is -0.357. The molecule has 0 aromatic carbocycles. The predicted octanol–water partition coefficient (Wildman–Crippen LogP) is -0.778. The van der Waals surface area contributed by atoms with Crippen LogP contribution in [-0.2, 0) is 9.59 Å². The first kappa shape index (κ1) is 12.9. The SMILES string of the molecule is CNC(=O)C(C)(C)CNC(=O)C(C)N. The van der Waals surface area contributed by atoms with Gasteiger partial charge in [-0.15, -0.1) is 0 Å². The highest BCUT2D eigenvalue weighted by atomic mass is 16.2. The van der Waals surface area contributed by atoms with E-state index in [0.29, 0.717) is 0 Å². The lowest BCUT2D eigenvalue weighted by molar-refractivity contribution is -0.129. The second kappa shape index (κ2) is 4.95. The summed E-state index contributed by atoms with van der Waals surface area (Å²) in [4.78, 5) is 22.5. The minimum atomic E-state index is -0.612. The molecule has 0 aromatic rings. The van der Waals surface area contributed by atoms with E-state index < -0.39 is 11.5 Å². The van der Waals surface area contributed by atoms with Crippen LogP contribution in [0.4, 0.5) is 0 Å². The van der Waals surface area contributed by atoms with Crippen LogP contribution in [0.1, 0.15) is 20.8 Å². The lowest BCUT2D eigenvalue weighted by atomic mass is 9.92. The standard InChI is InChI=1S/C9H19N3O2/c1-6(10)7(13)12-5-9(2,3)8(14)11-4/h6H,5,10H2,1-4H3,(H,11,14)(H,12,13). The second-order valence-corrected chi connectivity index (χ2v) is 3.97. The van der Waals surface area contributed by atoms with E-state index in [4.69, 9.17) is 5.73 Å². The van der Waals surface area contributed by atoms with Gasteiger partial charge in [-0.05, 0) is 20.8 Å². The highest BCUT2D eigenvalue weighted by Crippen LogP contribution is 2.12. The van der Waals surface area contributed by atoms with E-state index in [2.05, 4.69) is 10.6 Å². The van der Waals surface area contributed by atoms with Crippen molar-refractivity contribution in [2.75, 3.05) is 13.6 Å². The van der Waals surface area contributed by atoms with Crippen molar-refractivity contribution in [2.24, 2.45) is 11.1 Å². The number of hydrogen-bond donors (Lipinski definition) is 3. The minimum absolute atomic E-state index is 0.109. The molecule has 5 nitrogen and oxygen atoms in total. The summed E-state index contributed by atoms with van der Waals surface area (Å²) in [5, 5.41) is 5.15. The van der Waals surface area contributed by atoms with Gasteiger partial charge < -0.3 is 16.4 Å². The van der Waals surface area contributed by atoms with Crippen LogP contribution in [0.25, 0.3) is 0 Å². The van der Waals surface area contributed by atoms with Gasteiger partial charge in [-0.3, -0.25) is 9.59 Å². The molecule has 0 bridgehead atoms. The number of hydrogen-bond acceptors (Lipinski definition) is 3. The number of carbonyl (C=O) groups excluding carboxylic acids is 2. The summed E-state index contributed by atoms with van der Waals surface area (Å²) < 4.78 is 0. The molecule has 0 saturated carbocycles. The van der Waals surface area contributed by atoms with Crippen molar-refractivity contribution >= 4 is 11.8 Å². The van der Waals surface area contributed by atoms with Gasteiger partial charge >= 0.3 is 0 Å². The highest BCUT2D eigenvalue weighted by Gasteiger charge is 2.27. The Balaban J connectivity index is 4.12. The van der Waals surface area contributed by atoms with Crippen LogP contribution in [0.5, 0.6) is 0 Å². The highest BCUT2D eigenvalue weighted by molar-refractivity contribution is 5.84. The Morgan fingerprint density at radius 2 is 1.93 bits per heavy atom. The maximum absolute atomic E-state index is 11.3. The van der Waals surface area contributed by atoms with Crippen molar-refractivity contribution in [2.45, 2.75) is 26.8 Å². The quantitative estimate of drug-likeness (QED) is 0.558. The molecule has 14 heavy (non-hydrogen) atoms. The average Bonchev–Trinajstić information content (AvgIpc) is 2.12. The number of rotatable bonds is 4. The summed E-state index contributed by atoms with van der Waals surface area (Å²) in [7, 11) is 1.57. The Morgan fingerprint density at radius 3 is 2.29 bits per heavy atom. The topological polar surface area (TPSA) is 84.2 Å². The summed E-state index contributed by atoms with van der Waals surface area (Å²) in [5.41, 5.74) is 4.75. The van der Waals surface area contributed by atoms with Crippen LogP contribution < -0.4 is 16.4 Å². The molecule has 0 aromatic heterocycles. The van der Waals surface area contributed by atoms with Gasteiger partial charge in [0, 0.05) is 13.6 Å². The zero-order valence-corrected chi connectivity index (χ0v) is 9.18. The Hall–Kier alpha value is -1.10. The summed E-state index contributed by atoms with van der Waals surface area (Å²) in [6.07, 6.45) is 0. The second-order valence-electron chi connectivity index (χ2n) is 3.97. The molecule has 0 fully saturated rings. The molecule has 0 rings (SSSR count). The Bertz CT molecular complexity index is 224. The molecular weight excluding hydrogens is 182 g/mol. The Morgan fingerprint density at radius 1 is 1.43 bits per heavy atom. The lowest BCUT2D eigenvalue weighted by Crippen LogP contribution is -2.47. The van der Waals surface area contributed by atoms with Crippen molar-refractivity contribution in [1.82, 2.24) is 10.6 Å². The monoisotopic (exact) mass is 201 g/mol. The first-order valence-electron chi connectivity index (χ1n) is 4.56. The van der Waals surface area contributed by atoms with Gasteiger partial charge in [0.15, 0.2) is 0 Å². The summed E-state index contributed by atoms with van der Waals surface area (Å²) in [6, 6.07) is -0.546. The van der Waals surface area contributed by atoms with E-state index >= 15 is 0 Å². The van der Waals surface area contributed by atoms with Gasteiger partial charge in [0.1, 0.15) is 0 Å². The first-order valence-corrected chi connectivity index (χ1v) is 4.56. The van der Waals surface area contributed by atoms with Crippen molar-refractivity contribution < 1.29 is 9.59 Å². The van der Waals surface area contributed by atoms with Gasteiger partial charge in [0.25, 0.3) is 0 Å². The van der Waals surface area contributed by atoms with Crippen molar-refractivity contribution in [3.63, 3.8) is 0 Å². The fourth-order valence-corrected chi connectivity index (χ4v) is 0.888. The largest absolute Gasteiger partial charge is 0.359 e. The molecule has 2 amide bonds. The maximum Gasteiger partial charge on any atom is 0.236 e. The molecule has 0 radical (unpaired) electrons. The number of nitrogens with two attached hydrogens (primary N) is 1. The van der Waals surface area contributed by atoms with E-state index in [1.54, 1.807) is 27.8 Å². The average molecular weight is 201 g/mol. The molecule has 5 heteroatoms.